The molecule has 0 saturated carbocycles. The van der Waals surface area contributed by atoms with E-state index >= 15 is 0 Å². The first-order chi connectivity index (χ1) is 5.57. The van der Waals surface area contributed by atoms with Gasteiger partial charge in [0, 0.05) is 6.07 Å². The number of hydrogen-bond donors (Lipinski definition) is 0. The highest BCUT2D eigenvalue weighted by molar-refractivity contribution is 6.32. The quantitative estimate of drug-likeness (QED) is 0.657. The molecule has 0 N–H and O–H groups in total. The molecule has 0 heterocycles. The zero-order chi connectivity index (χ0) is 9.30. The van der Waals surface area contributed by atoms with E-state index in [9.17, 15) is 4.39 Å². The van der Waals surface area contributed by atoms with E-state index in [1.165, 1.54) is 7.11 Å². The van der Waals surface area contributed by atoms with Gasteiger partial charge in [-0.1, -0.05) is 11.6 Å². The van der Waals surface area contributed by atoms with Crippen LogP contribution in [-0.4, -0.2) is 7.11 Å². The van der Waals surface area contributed by atoms with Gasteiger partial charge in [-0.15, -0.1) is 0 Å². The van der Waals surface area contributed by atoms with Crippen molar-refractivity contribution < 1.29 is 9.13 Å². The Balaban J connectivity index is 3.40. The first-order valence-electron chi connectivity index (χ1n) is 3.49. The van der Waals surface area contributed by atoms with E-state index in [2.05, 4.69) is 6.07 Å². The van der Waals surface area contributed by atoms with Gasteiger partial charge in [0.2, 0.25) is 0 Å². The second-order valence-corrected chi connectivity index (χ2v) is 2.91. The summed E-state index contributed by atoms with van der Waals surface area (Å²) in [5, 5.41) is 0.325. The normalized spacial score (nSPS) is 10.1. The summed E-state index contributed by atoms with van der Waals surface area (Å²) in [4.78, 5) is 0. The van der Waals surface area contributed by atoms with E-state index < -0.39 is 5.82 Å². The minimum Gasteiger partial charge on any atom is -0.492 e. The average molecular weight is 188 g/mol. The highest BCUT2D eigenvalue weighted by atomic mass is 35.5. The molecule has 0 fully saturated rings. The molecule has 65 valence electrons. The molecule has 0 saturated heterocycles. The molecular formula is C9H9ClFO. The van der Waals surface area contributed by atoms with E-state index in [1.807, 2.05) is 0 Å². The molecule has 1 nitrogen and oxygen atoms in total. The third-order valence-electron chi connectivity index (χ3n) is 1.79. The maximum Gasteiger partial charge on any atom is 0.174 e. The fourth-order valence-corrected chi connectivity index (χ4v) is 1.23. The molecule has 0 spiro atoms. The van der Waals surface area contributed by atoms with Crippen molar-refractivity contribution in [3.8, 4) is 5.75 Å². The molecule has 0 aliphatic heterocycles. The predicted molar refractivity (Wildman–Crippen MR) is 46.3 cm³/mol. The maximum absolute atomic E-state index is 13.0. The highest BCUT2D eigenvalue weighted by Crippen LogP contribution is 2.32. The van der Waals surface area contributed by atoms with E-state index in [0.717, 1.165) is 5.56 Å². The summed E-state index contributed by atoms with van der Waals surface area (Å²) in [5.41, 5.74) is 1.51. The molecule has 0 unspecified atom stereocenters. The molecule has 0 aliphatic rings. The first-order valence-corrected chi connectivity index (χ1v) is 3.87. The van der Waals surface area contributed by atoms with Crippen LogP contribution in [0.3, 0.4) is 0 Å². The molecular weight excluding hydrogens is 179 g/mol. The number of ether oxygens (including phenoxy) is 1. The van der Waals surface area contributed by atoms with E-state index in [-0.39, 0.29) is 5.75 Å². The van der Waals surface area contributed by atoms with Crippen LogP contribution >= 0.6 is 11.6 Å². The van der Waals surface area contributed by atoms with Crippen LogP contribution in [-0.2, 0) is 0 Å². The Labute approximate surface area is 76.1 Å². The van der Waals surface area contributed by atoms with Crippen molar-refractivity contribution in [1.82, 2.24) is 0 Å². The van der Waals surface area contributed by atoms with Gasteiger partial charge in [0.25, 0.3) is 0 Å². The van der Waals surface area contributed by atoms with Gasteiger partial charge in [-0.2, -0.15) is 0 Å². The molecule has 0 aromatic heterocycles. The van der Waals surface area contributed by atoms with Crippen LogP contribution < -0.4 is 4.74 Å². The molecule has 3 heteroatoms. The topological polar surface area (TPSA) is 9.23 Å². The van der Waals surface area contributed by atoms with Gasteiger partial charge in [-0.3, -0.25) is 0 Å². The van der Waals surface area contributed by atoms with Crippen molar-refractivity contribution >= 4 is 11.6 Å². The lowest BCUT2D eigenvalue weighted by atomic mass is 10.1. The van der Waals surface area contributed by atoms with Crippen molar-refractivity contribution in [1.29, 1.82) is 0 Å². The zero-order valence-electron chi connectivity index (χ0n) is 7.16. The molecule has 0 amide bonds. The summed E-state index contributed by atoms with van der Waals surface area (Å²) < 4.78 is 17.8. The van der Waals surface area contributed by atoms with Crippen LogP contribution in [0.4, 0.5) is 4.39 Å². The number of hydrogen-bond acceptors (Lipinski definition) is 1. The number of benzene rings is 1. The number of aryl methyl sites for hydroxylation is 1. The Kier molecular flexibility index (Phi) is 2.58. The number of halogens is 2. The monoisotopic (exact) mass is 187 g/mol. The molecule has 1 radical (unpaired) electrons. The predicted octanol–water partition coefficient (Wildman–Crippen LogP) is 2.90. The molecule has 0 bridgehead atoms. The molecule has 1 aromatic rings. The van der Waals surface area contributed by atoms with Gasteiger partial charge in [0.05, 0.1) is 12.1 Å². The Morgan fingerprint density at radius 3 is 2.50 bits per heavy atom. The Hall–Kier alpha value is -0.760. The summed E-state index contributed by atoms with van der Waals surface area (Å²) in [6.07, 6.45) is 0. The lowest BCUT2D eigenvalue weighted by Gasteiger charge is -2.08. The van der Waals surface area contributed by atoms with Gasteiger partial charge in [0.15, 0.2) is 11.6 Å². The summed E-state index contributed by atoms with van der Waals surface area (Å²) in [6.45, 7) is 3.56. The van der Waals surface area contributed by atoms with Crippen molar-refractivity contribution in [3.05, 3.63) is 28.0 Å². The molecule has 1 rings (SSSR count). The minimum atomic E-state index is -0.536. The molecule has 12 heavy (non-hydrogen) atoms. The Morgan fingerprint density at radius 1 is 1.42 bits per heavy atom. The van der Waals surface area contributed by atoms with E-state index in [0.29, 0.717) is 10.6 Å². The van der Waals surface area contributed by atoms with Crippen molar-refractivity contribution in [2.24, 2.45) is 0 Å². The summed E-state index contributed by atoms with van der Waals surface area (Å²) in [6, 6.07) is 2.52. The third kappa shape index (κ3) is 1.39. The number of rotatable bonds is 1. The van der Waals surface area contributed by atoms with Gasteiger partial charge in [0.1, 0.15) is 0 Å². The van der Waals surface area contributed by atoms with Gasteiger partial charge >= 0.3 is 0 Å². The Bertz CT molecular complexity index is 310. The Morgan fingerprint density at radius 2 is 2.00 bits per heavy atom. The zero-order valence-corrected chi connectivity index (χ0v) is 7.92. The smallest absolute Gasteiger partial charge is 0.174 e. The van der Waals surface area contributed by atoms with Crippen molar-refractivity contribution in [2.75, 3.05) is 7.11 Å². The largest absolute Gasteiger partial charge is 0.492 e. The second kappa shape index (κ2) is 3.31. The van der Waals surface area contributed by atoms with Gasteiger partial charge in [-0.25, -0.2) is 4.39 Å². The summed E-state index contributed by atoms with van der Waals surface area (Å²) in [5.74, 6) is -0.467. The van der Waals surface area contributed by atoms with Crippen LogP contribution in [0.5, 0.6) is 5.75 Å². The summed E-state index contributed by atoms with van der Waals surface area (Å²) >= 11 is 5.82. The van der Waals surface area contributed by atoms with Gasteiger partial charge in [-0.05, 0) is 25.0 Å². The van der Waals surface area contributed by atoms with E-state index in [1.54, 1.807) is 13.8 Å². The van der Waals surface area contributed by atoms with Gasteiger partial charge < -0.3 is 4.74 Å². The lowest BCUT2D eigenvalue weighted by Crippen LogP contribution is -1.94. The van der Waals surface area contributed by atoms with Crippen LogP contribution in [0.25, 0.3) is 0 Å². The van der Waals surface area contributed by atoms with Crippen LogP contribution in [0.1, 0.15) is 11.1 Å². The van der Waals surface area contributed by atoms with Crippen LogP contribution in [0, 0.1) is 25.7 Å². The third-order valence-corrected chi connectivity index (χ3v) is 2.25. The average Bonchev–Trinajstić information content (AvgIpc) is 2.01. The maximum atomic E-state index is 13.0. The van der Waals surface area contributed by atoms with E-state index in [4.69, 9.17) is 16.3 Å². The standard InChI is InChI=1S/C9H9ClFO/c1-5-4-7(11)9(12-3)8(10)6(5)2/h1-3H3. The van der Waals surface area contributed by atoms with Crippen LogP contribution in [0.2, 0.25) is 5.02 Å². The molecule has 1 aromatic carbocycles. The van der Waals surface area contributed by atoms with Crippen molar-refractivity contribution in [3.63, 3.8) is 0 Å². The fraction of sp³-hybridized carbons (Fsp3) is 0.333. The lowest BCUT2D eigenvalue weighted by molar-refractivity contribution is 0.385. The second-order valence-electron chi connectivity index (χ2n) is 2.54. The molecule has 0 aliphatic carbocycles. The minimum absolute atomic E-state index is 0.0692. The number of methoxy groups -OCH3 is 1. The van der Waals surface area contributed by atoms with Crippen LogP contribution in [0.15, 0.2) is 0 Å². The summed E-state index contributed by atoms with van der Waals surface area (Å²) in [7, 11) is 1.38. The SMILES string of the molecule is COc1c(F)[c]c(C)c(C)c1Cl. The molecule has 0 atom stereocenters. The fourth-order valence-electron chi connectivity index (χ4n) is 0.926. The highest BCUT2D eigenvalue weighted by Gasteiger charge is 2.12. The first kappa shape index (κ1) is 9.33. The van der Waals surface area contributed by atoms with Crippen molar-refractivity contribution in [2.45, 2.75) is 13.8 Å².